The van der Waals surface area contributed by atoms with Gasteiger partial charge < -0.3 is 5.11 Å². The highest BCUT2D eigenvalue weighted by Crippen LogP contribution is 2.12. The second-order valence-electron chi connectivity index (χ2n) is 2.53. The Morgan fingerprint density at radius 1 is 1.43 bits per heavy atom. The van der Waals surface area contributed by atoms with Crippen molar-refractivity contribution in [2.75, 3.05) is 6.61 Å². The van der Waals surface area contributed by atoms with Gasteiger partial charge in [-0.1, -0.05) is 17.9 Å². The van der Waals surface area contributed by atoms with Crippen molar-refractivity contribution in [3.63, 3.8) is 0 Å². The molecule has 1 aromatic carbocycles. The zero-order valence-electron chi connectivity index (χ0n) is 7.53. The van der Waals surface area contributed by atoms with Crippen LogP contribution in [-0.2, 0) is 4.79 Å². The van der Waals surface area contributed by atoms with Gasteiger partial charge in [-0.2, -0.15) is 4.99 Å². The Bertz CT molecular complexity index is 409. The molecule has 0 saturated heterocycles. The molecule has 0 saturated carbocycles. The van der Waals surface area contributed by atoms with Crippen molar-refractivity contribution in [3.8, 4) is 11.8 Å². The van der Waals surface area contributed by atoms with E-state index in [1.165, 1.54) is 6.08 Å². The number of hydrogen-bond acceptors (Lipinski definition) is 3. The lowest BCUT2D eigenvalue weighted by atomic mass is 10.2. The molecule has 0 unspecified atom stereocenters. The summed E-state index contributed by atoms with van der Waals surface area (Å²) in [5.74, 6) is 5.63. The fourth-order valence-corrected chi connectivity index (χ4v) is 0.926. The molecule has 0 spiro atoms. The molecule has 3 nitrogen and oxygen atoms in total. The summed E-state index contributed by atoms with van der Waals surface area (Å²) < 4.78 is 0. The Balaban J connectivity index is 2.84. The lowest BCUT2D eigenvalue weighted by molar-refractivity contribution is 0.305. The highest BCUT2D eigenvalue weighted by Gasteiger charge is 1.89. The highest BCUT2D eigenvalue weighted by molar-refractivity contribution is 5.52. The van der Waals surface area contributed by atoms with Crippen LogP contribution < -0.4 is 0 Å². The summed E-state index contributed by atoms with van der Waals surface area (Å²) in [7, 11) is 0. The Morgan fingerprint density at radius 3 is 3.00 bits per heavy atom. The molecule has 1 N–H and O–H groups in total. The van der Waals surface area contributed by atoms with E-state index in [4.69, 9.17) is 5.11 Å². The Hall–Kier alpha value is -1.88. The molecule has 1 aromatic rings. The van der Waals surface area contributed by atoms with Crippen LogP contribution in [0.2, 0.25) is 0 Å². The molecular formula is C11H9NO2. The minimum Gasteiger partial charge on any atom is -0.395 e. The third-order valence-corrected chi connectivity index (χ3v) is 1.49. The van der Waals surface area contributed by atoms with Gasteiger partial charge in [-0.15, -0.1) is 0 Å². The second-order valence-corrected chi connectivity index (χ2v) is 2.53. The molecule has 0 amide bonds. The lowest BCUT2D eigenvalue weighted by Gasteiger charge is -1.91. The molecule has 0 aromatic heterocycles. The van der Waals surface area contributed by atoms with Crippen molar-refractivity contribution < 1.29 is 9.90 Å². The third-order valence-electron chi connectivity index (χ3n) is 1.49. The summed E-state index contributed by atoms with van der Waals surface area (Å²) in [6.45, 7) is 0.0547. The zero-order valence-corrected chi connectivity index (χ0v) is 7.53. The number of aliphatic hydroxyl groups excluding tert-OH is 1. The molecule has 0 aliphatic rings. The van der Waals surface area contributed by atoms with E-state index in [1.54, 1.807) is 18.2 Å². The van der Waals surface area contributed by atoms with Gasteiger partial charge in [0.05, 0.1) is 12.3 Å². The Morgan fingerprint density at radius 2 is 2.29 bits per heavy atom. The van der Waals surface area contributed by atoms with Crippen LogP contribution in [0.4, 0.5) is 5.69 Å². The van der Waals surface area contributed by atoms with E-state index in [-0.39, 0.29) is 6.61 Å². The fraction of sp³-hybridized carbons (Fsp3) is 0.182. The molecular weight excluding hydrogens is 178 g/mol. The average molecular weight is 187 g/mol. The lowest BCUT2D eigenvalue weighted by Crippen LogP contribution is -1.77. The van der Waals surface area contributed by atoms with Gasteiger partial charge in [-0.3, -0.25) is 0 Å². The van der Waals surface area contributed by atoms with Crippen molar-refractivity contribution >= 4 is 11.8 Å². The van der Waals surface area contributed by atoms with E-state index in [9.17, 15) is 4.79 Å². The van der Waals surface area contributed by atoms with Gasteiger partial charge in [0.2, 0.25) is 6.08 Å². The first-order chi connectivity index (χ1) is 6.86. The summed E-state index contributed by atoms with van der Waals surface area (Å²) in [6, 6.07) is 6.96. The summed E-state index contributed by atoms with van der Waals surface area (Å²) in [4.78, 5) is 13.5. The van der Waals surface area contributed by atoms with Gasteiger partial charge in [0.25, 0.3) is 0 Å². The van der Waals surface area contributed by atoms with Crippen LogP contribution in [0.3, 0.4) is 0 Å². The van der Waals surface area contributed by atoms with Gasteiger partial charge in [-0.05, 0) is 18.2 Å². The quantitative estimate of drug-likeness (QED) is 0.432. The van der Waals surface area contributed by atoms with Gasteiger partial charge in [0.1, 0.15) is 0 Å². The van der Waals surface area contributed by atoms with Gasteiger partial charge in [-0.25, -0.2) is 4.79 Å². The van der Waals surface area contributed by atoms with Crippen LogP contribution in [0.25, 0.3) is 0 Å². The molecule has 70 valence electrons. The minimum atomic E-state index is 0.0547. The predicted octanol–water partition coefficient (Wildman–Crippen LogP) is 1.39. The summed E-state index contributed by atoms with van der Waals surface area (Å²) in [6.07, 6.45) is 1.91. The summed E-state index contributed by atoms with van der Waals surface area (Å²) in [5, 5.41) is 8.51. The van der Waals surface area contributed by atoms with Crippen LogP contribution in [0.1, 0.15) is 12.0 Å². The summed E-state index contributed by atoms with van der Waals surface area (Å²) >= 11 is 0. The van der Waals surface area contributed by atoms with E-state index in [0.29, 0.717) is 12.1 Å². The first-order valence-corrected chi connectivity index (χ1v) is 4.14. The first kappa shape index (κ1) is 10.2. The normalized spacial score (nSPS) is 8.36. The largest absolute Gasteiger partial charge is 0.395 e. The van der Waals surface area contributed by atoms with Crippen LogP contribution in [0.15, 0.2) is 29.3 Å². The highest BCUT2D eigenvalue weighted by atomic mass is 16.2. The number of isocyanates is 1. The monoisotopic (exact) mass is 187 g/mol. The van der Waals surface area contributed by atoms with Crippen LogP contribution in [0.5, 0.6) is 0 Å². The number of aliphatic hydroxyl groups is 1. The number of rotatable bonds is 2. The zero-order chi connectivity index (χ0) is 10.2. The van der Waals surface area contributed by atoms with E-state index in [2.05, 4.69) is 16.8 Å². The van der Waals surface area contributed by atoms with Crippen LogP contribution >= 0.6 is 0 Å². The van der Waals surface area contributed by atoms with Crippen molar-refractivity contribution in [1.29, 1.82) is 0 Å². The summed E-state index contributed by atoms with van der Waals surface area (Å²) in [5.41, 5.74) is 1.31. The maximum Gasteiger partial charge on any atom is 0.240 e. The van der Waals surface area contributed by atoms with Crippen molar-refractivity contribution in [3.05, 3.63) is 29.8 Å². The SMILES string of the molecule is O=C=Nc1cccc(C#CCCO)c1. The smallest absolute Gasteiger partial charge is 0.240 e. The Kier molecular flexibility index (Phi) is 4.16. The third kappa shape index (κ3) is 3.24. The molecule has 0 aliphatic carbocycles. The van der Waals surface area contributed by atoms with Crippen LogP contribution in [0, 0.1) is 11.8 Å². The molecule has 0 fully saturated rings. The van der Waals surface area contributed by atoms with Crippen molar-refractivity contribution in [2.45, 2.75) is 6.42 Å². The predicted molar refractivity (Wildman–Crippen MR) is 52.8 cm³/mol. The molecule has 0 heterocycles. The van der Waals surface area contributed by atoms with Crippen molar-refractivity contribution in [2.24, 2.45) is 4.99 Å². The minimum absolute atomic E-state index is 0.0547. The standard InChI is InChI=1S/C11H9NO2/c13-7-2-1-4-10-5-3-6-11(8-10)12-9-14/h3,5-6,8,13H,2,7H2. The Labute approximate surface area is 82.1 Å². The second kappa shape index (κ2) is 5.71. The number of benzene rings is 1. The van der Waals surface area contributed by atoms with Gasteiger partial charge in [0, 0.05) is 12.0 Å². The number of aliphatic imine (C=N–C) groups is 1. The number of carbonyl (C=O) groups excluding carboxylic acids is 1. The number of hydrogen-bond donors (Lipinski definition) is 1. The van der Waals surface area contributed by atoms with Crippen molar-refractivity contribution in [1.82, 2.24) is 0 Å². The van der Waals surface area contributed by atoms with E-state index >= 15 is 0 Å². The maximum atomic E-state index is 9.99. The van der Waals surface area contributed by atoms with Crippen LogP contribution in [-0.4, -0.2) is 17.8 Å². The van der Waals surface area contributed by atoms with Gasteiger partial charge in [0.15, 0.2) is 0 Å². The molecule has 0 radical (unpaired) electrons. The van der Waals surface area contributed by atoms with Gasteiger partial charge >= 0.3 is 0 Å². The number of nitrogens with zero attached hydrogens (tertiary/aromatic N) is 1. The maximum absolute atomic E-state index is 9.99. The average Bonchev–Trinajstić information content (AvgIpc) is 2.19. The van der Waals surface area contributed by atoms with E-state index in [1.807, 2.05) is 6.07 Å². The van der Waals surface area contributed by atoms with E-state index in [0.717, 1.165) is 5.56 Å². The molecule has 1 rings (SSSR count). The first-order valence-electron chi connectivity index (χ1n) is 4.14. The van der Waals surface area contributed by atoms with E-state index < -0.39 is 0 Å². The molecule has 0 atom stereocenters. The fourth-order valence-electron chi connectivity index (χ4n) is 0.926. The molecule has 0 aliphatic heterocycles. The molecule has 0 bridgehead atoms. The molecule has 14 heavy (non-hydrogen) atoms. The molecule has 3 heteroatoms. The topological polar surface area (TPSA) is 49.7 Å².